The predicted octanol–water partition coefficient (Wildman–Crippen LogP) is 2.82. The van der Waals surface area contributed by atoms with Crippen LogP contribution in [-0.2, 0) is 14.3 Å². The van der Waals surface area contributed by atoms with E-state index in [-0.39, 0.29) is 29.4 Å². The van der Waals surface area contributed by atoms with Crippen molar-refractivity contribution in [1.82, 2.24) is 4.90 Å². The number of carbonyl (C=O) groups is 3. The van der Waals surface area contributed by atoms with Crippen LogP contribution in [0.15, 0.2) is 18.2 Å². The normalized spacial score (nSPS) is 21.4. The van der Waals surface area contributed by atoms with Crippen LogP contribution in [0.25, 0.3) is 0 Å². The fourth-order valence-corrected chi connectivity index (χ4v) is 4.32. The first kappa shape index (κ1) is 20.2. The van der Waals surface area contributed by atoms with E-state index < -0.39 is 11.9 Å². The molecule has 28 heavy (non-hydrogen) atoms. The van der Waals surface area contributed by atoms with E-state index in [1.54, 1.807) is 0 Å². The number of esters is 2. The summed E-state index contributed by atoms with van der Waals surface area (Å²) in [5.41, 5.74) is 0.330. The molecule has 7 nitrogen and oxygen atoms in total. The fraction of sp³-hybridized carbons (Fsp3) is 0.571. The van der Waals surface area contributed by atoms with Crippen LogP contribution in [0, 0.1) is 5.92 Å². The third kappa shape index (κ3) is 4.46. The Morgan fingerprint density at radius 3 is 2.18 bits per heavy atom. The summed E-state index contributed by atoms with van der Waals surface area (Å²) in [5, 5.41) is 0. The summed E-state index contributed by atoms with van der Waals surface area (Å²) in [6.45, 7) is 0.632. The number of hydrogen-bond donors (Lipinski definition) is 0. The Morgan fingerprint density at radius 1 is 0.929 bits per heavy atom. The van der Waals surface area contributed by atoms with Gasteiger partial charge < -0.3 is 19.1 Å². The van der Waals surface area contributed by atoms with Crippen molar-refractivity contribution in [2.45, 2.75) is 44.6 Å². The maximum Gasteiger partial charge on any atom is 0.338 e. The van der Waals surface area contributed by atoms with Crippen LogP contribution in [0.3, 0.4) is 0 Å². The molecule has 0 N–H and O–H groups in total. The number of fused-ring (bicyclic) bond motifs is 1. The number of nitrogens with zero attached hydrogens (tertiary/aromatic N) is 1. The molecule has 1 amide bonds. The van der Waals surface area contributed by atoms with Gasteiger partial charge in [0.2, 0.25) is 0 Å². The Kier molecular flexibility index (Phi) is 6.54. The molecule has 1 heterocycles. The van der Waals surface area contributed by atoms with Crippen LogP contribution in [0.2, 0.25) is 0 Å². The van der Waals surface area contributed by atoms with Gasteiger partial charge in [-0.15, -0.1) is 0 Å². The van der Waals surface area contributed by atoms with Crippen molar-refractivity contribution < 1.29 is 28.6 Å². The number of piperidine rings is 1. The number of carbonyl (C=O) groups excluding carboxylic acids is 3. The minimum Gasteiger partial charge on any atom is -0.484 e. The fourth-order valence-electron chi connectivity index (χ4n) is 4.32. The van der Waals surface area contributed by atoms with Gasteiger partial charge in [-0.05, 0) is 49.8 Å². The maximum atomic E-state index is 12.8. The summed E-state index contributed by atoms with van der Waals surface area (Å²) in [6.07, 6.45) is 6.88. The molecular weight excluding hydrogens is 362 g/mol. The van der Waals surface area contributed by atoms with Gasteiger partial charge >= 0.3 is 11.9 Å². The molecule has 1 saturated heterocycles. The van der Waals surface area contributed by atoms with E-state index >= 15 is 0 Å². The summed E-state index contributed by atoms with van der Waals surface area (Å²) in [5.74, 6) is -0.389. The van der Waals surface area contributed by atoms with Gasteiger partial charge in [0.15, 0.2) is 6.61 Å². The van der Waals surface area contributed by atoms with E-state index in [4.69, 9.17) is 14.2 Å². The van der Waals surface area contributed by atoms with Crippen LogP contribution in [0.5, 0.6) is 5.75 Å². The Bertz CT molecular complexity index is 710. The number of likely N-dealkylation sites (tertiary alicyclic amines) is 1. The zero-order valence-corrected chi connectivity index (χ0v) is 16.4. The molecule has 7 heteroatoms. The van der Waals surface area contributed by atoms with E-state index in [1.807, 2.05) is 4.90 Å². The Labute approximate surface area is 164 Å². The van der Waals surface area contributed by atoms with E-state index in [2.05, 4.69) is 0 Å². The quantitative estimate of drug-likeness (QED) is 0.720. The molecule has 0 radical (unpaired) electrons. The zero-order chi connectivity index (χ0) is 20.1. The second-order valence-electron chi connectivity index (χ2n) is 7.36. The molecule has 152 valence electrons. The highest BCUT2D eigenvalue weighted by molar-refractivity contribution is 5.96. The minimum absolute atomic E-state index is 0.0558. The molecule has 0 spiro atoms. The largest absolute Gasteiger partial charge is 0.484 e. The van der Waals surface area contributed by atoms with Gasteiger partial charge in [-0.2, -0.15) is 0 Å². The van der Waals surface area contributed by atoms with E-state index in [0.29, 0.717) is 12.0 Å². The molecule has 0 unspecified atom stereocenters. The van der Waals surface area contributed by atoms with Gasteiger partial charge in [0.25, 0.3) is 5.91 Å². The molecule has 0 aromatic heterocycles. The van der Waals surface area contributed by atoms with E-state index in [9.17, 15) is 14.4 Å². The van der Waals surface area contributed by atoms with Crippen LogP contribution < -0.4 is 4.74 Å². The highest BCUT2D eigenvalue weighted by Gasteiger charge is 2.35. The van der Waals surface area contributed by atoms with Crippen molar-refractivity contribution in [3.8, 4) is 5.75 Å². The number of ether oxygens (including phenoxy) is 3. The Hall–Kier alpha value is -2.57. The summed E-state index contributed by atoms with van der Waals surface area (Å²) >= 11 is 0. The lowest BCUT2D eigenvalue weighted by molar-refractivity contribution is -0.139. The number of amides is 1. The minimum atomic E-state index is -0.594. The zero-order valence-electron chi connectivity index (χ0n) is 16.4. The lowest BCUT2D eigenvalue weighted by Crippen LogP contribution is -2.51. The van der Waals surface area contributed by atoms with Gasteiger partial charge in [-0.1, -0.05) is 12.8 Å². The SMILES string of the molecule is COC(=O)c1cc(OCC(=O)N2CCC[C@H]3CCCC[C@@H]32)cc(C(=O)OC)c1. The average Bonchev–Trinajstić information content (AvgIpc) is 2.75. The summed E-state index contributed by atoms with van der Waals surface area (Å²) < 4.78 is 15.1. The van der Waals surface area contributed by atoms with E-state index in [0.717, 1.165) is 25.8 Å². The van der Waals surface area contributed by atoms with Gasteiger partial charge in [-0.25, -0.2) is 9.59 Å². The lowest BCUT2D eigenvalue weighted by Gasteiger charge is -2.44. The second kappa shape index (κ2) is 9.08. The molecule has 1 aromatic rings. The molecule has 2 aliphatic rings. The molecule has 0 bridgehead atoms. The molecule has 1 aliphatic heterocycles. The Balaban J connectivity index is 1.71. The second-order valence-corrected chi connectivity index (χ2v) is 7.36. The first-order valence-electron chi connectivity index (χ1n) is 9.77. The topological polar surface area (TPSA) is 82.1 Å². The van der Waals surface area contributed by atoms with Crippen LogP contribution in [0.1, 0.15) is 59.2 Å². The first-order valence-corrected chi connectivity index (χ1v) is 9.77. The highest BCUT2D eigenvalue weighted by atomic mass is 16.5. The smallest absolute Gasteiger partial charge is 0.338 e. The standard InChI is InChI=1S/C21H27NO6/c1-26-20(24)15-10-16(21(25)27-2)12-17(11-15)28-13-19(23)22-9-5-7-14-6-3-4-8-18(14)22/h10-12,14,18H,3-9,13H2,1-2H3/t14-,18+/m1/s1. The van der Waals surface area contributed by atoms with Crippen molar-refractivity contribution in [1.29, 1.82) is 0 Å². The third-order valence-electron chi connectivity index (χ3n) is 5.67. The molecule has 3 rings (SSSR count). The van der Waals surface area contributed by atoms with Crippen molar-refractivity contribution in [3.05, 3.63) is 29.3 Å². The van der Waals surface area contributed by atoms with Gasteiger partial charge in [0.05, 0.1) is 25.3 Å². The Morgan fingerprint density at radius 2 is 1.54 bits per heavy atom. The highest BCUT2D eigenvalue weighted by Crippen LogP contribution is 2.35. The predicted molar refractivity (Wildman–Crippen MR) is 101 cm³/mol. The van der Waals surface area contributed by atoms with Crippen LogP contribution >= 0.6 is 0 Å². The van der Waals surface area contributed by atoms with Crippen LogP contribution in [0.4, 0.5) is 0 Å². The number of benzene rings is 1. The molecule has 1 aromatic carbocycles. The number of methoxy groups -OCH3 is 2. The monoisotopic (exact) mass is 389 g/mol. The van der Waals surface area contributed by atoms with Crippen molar-refractivity contribution in [3.63, 3.8) is 0 Å². The van der Waals surface area contributed by atoms with Crippen molar-refractivity contribution in [2.75, 3.05) is 27.4 Å². The van der Waals surface area contributed by atoms with E-state index in [1.165, 1.54) is 51.7 Å². The average molecular weight is 389 g/mol. The molecule has 1 saturated carbocycles. The molecule has 2 atom stereocenters. The van der Waals surface area contributed by atoms with Gasteiger partial charge in [0, 0.05) is 12.6 Å². The third-order valence-corrected chi connectivity index (χ3v) is 5.67. The maximum absolute atomic E-state index is 12.8. The summed E-state index contributed by atoms with van der Waals surface area (Å²) in [4.78, 5) is 38.5. The number of rotatable bonds is 5. The molecule has 1 aliphatic carbocycles. The lowest BCUT2D eigenvalue weighted by atomic mass is 9.78. The van der Waals surface area contributed by atoms with Crippen molar-refractivity contribution in [2.24, 2.45) is 5.92 Å². The van der Waals surface area contributed by atoms with Crippen LogP contribution in [-0.4, -0.2) is 56.2 Å². The molecule has 2 fully saturated rings. The van der Waals surface area contributed by atoms with Gasteiger partial charge in [-0.3, -0.25) is 4.79 Å². The number of hydrogen-bond acceptors (Lipinski definition) is 6. The summed E-state index contributed by atoms with van der Waals surface area (Å²) in [7, 11) is 2.52. The molecular formula is C21H27NO6. The summed E-state index contributed by atoms with van der Waals surface area (Å²) in [6, 6.07) is 4.62. The first-order chi connectivity index (χ1) is 13.5. The van der Waals surface area contributed by atoms with Gasteiger partial charge in [0.1, 0.15) is 5.75 Å². The van der Waals surface area contributed by atoms with Crippen molar-refractivity contribution >= 4 is 17.8 Å².